The fourth-order valence-corrected chi connectivity index (χ4v) is 2.22. The molecule has 0 radical (unpaired) electrons. The Labute approximate surface area is 88.1 Å². The molecule has 2 aliphatic rings. The van der Waals surface area contributed by atoms with Gasteiger partial charge < -0.3 is 4.90 Å². The highest BCUT2D eigenvalue weighted by molar-refractivity contribution is 6.14. The smallest absolute Gasteiger partial charge is 0.157 e. The number of rotatable bonds is 0. The maximum atomic E-state index is 4.59. The molecular weight excluding hydrogens is 190 g/mol. The lowest BCUT2D eigenvalue weighted by molar-refractivity contribution is 0.646. The van der Waals surface area contributed by atoms with Crippen LogP contribution in [0.1, 0.15) is 18.3 Å². The zero-order valence-corrected chi connectivity index (χ0v) is 9.15. The maximum absolute atomic E-state index is 4.59. The van der Waals surface area contributed by atoms with Crippen LogP contribution in [0.15, 0.2) is 9.98 Å². The third kappa shape index (κ3) is 1.00. The summed E-state index contributed by atoms with van der Waals surface area (Å²) in [5, 5.41) is 4.39. The van der Waals surface area contributed by atoms with Crippen molar-refractivity contribution in [1.82, 2.24) is 14.7 Å². The van der Waals surface area contributed by atoms with Crippen LogP contribution in [0.3, 0.4) is 0 Å². The van der Waals surface area contributed by atoms with Gasteiger partial charge >= 0.3 is 0 Å². The minimum absolute atomic E-state index is 0.853. The van der Waals surface area contributed by atoms with E-state index in [1.54, 1.807) is 0 Å². The normalized spacial score (nSPS) is 18.5. The van der Waals surface area contributed by atoms with Crippen LogP contribution >= 0.6 is 0 Å². The Hall–Kier alpha value is -1.65. The van der Waals surface area contributed by atoms with Gasteiger partial charge in [-0.25, -0.2) is 4.99 Å². The first kappa shape index (κ1) is 8.64. The van der Waals surface area contributed by atoms with Crippen LogP contribution in [0.5, 0.6) is 0 Å². The first-order valence-corrected chi connectivity index (χ1v) is 5.09. The fourth-order valence-electron chi connectivity index (χ4n) is 2.22. The molecule has 0 aromatic carbocycles. The molecule has 15 heavy (non-hydrogen) atoms. The van der Waals surface area contributed by atoms with Gasteiger partial charge in [0.1, 0.15) is 17.2 Å². The zero-order valence-electron chi connectivity index (χ0n) is 9.15. The third-order valence-corrected chi connectivity index (χ3v) is 2.91. The highest BCUT2D eigenvalue weighted by Crippen LogP contribution is 2.30. The van der Waals surface area contributed by atoms with Gasteiger partial charge in [0.15, 0.2) is 5.84 Å². The molecule has 3 rings (SSSR count). The van der Waals surface area contributed by atoms with Gasteiger partial charge in [0, 0.05) is 13.6 Å². The van der Waals surface area contributed by atoms with Gasteiger partial charge in [0.25, 0.3) is 0 Å². The molecule has 2 aliphatic heterocycles. The van der Waals surface area contributed by atoms with Gasteiger partial charge in [-0.1, -0.05) is 0 Å². The molecule has 0 saturated carbocycles. The topological polar surface area (TPSA) is 45.8 Å². The second-order valence-electron chi connectivity index (χ2n) is 3.92. The number of hydrogen-bond acceptors (Lipinski definition) is 4. The molecule has 1 aromatic rings. The van der Waals surface area contributed by atoms with E-state index in [2.05, 4.69) is 20.0 Å². The summed E-state index contributed by atoms with van der Waals surface area (Å²) in [5.74, 6) is 2.05. The second kappa shape index (κ2) is 2.68. The molecule has 0 N–H and O–H groups in total. The van der Waals surface area contributed by atoms with E-state index in [4.69, 9.17) is 0 Å². The number of aliphatic imine (C=N–C) groups is 2. The number of fused-ring (bicyclic) bond motifs is 3. The van der Waals surface area contributed by atoms with Crippen LogP contribution in [0, 0.1) is 6.92 Å². The summed E-state index contributed by atoms with van der Waals surface area (Å²) in [6, 6.07) is 0. The lowest BCUT2D eigenvalue weighted by atomic mass is 10.2. The van der Waals surface area contributed by atoms with Crippen molar-refractivity contribution < 1.29 is 0 Å². The summed E-state index contributed by atoms with van der Waals surface area (Å²) in [6.07, 6.45) is 0. The van der Waals surface area contributed by atoms with E-state index in [1.165, 1.54) is 0 Å². The van der Waals surface area contributed by atoms with Crippen LogP contribution in [0.2, 0.25) is 0 Å². The lowest BCUT2D eigenvalue weighted by Crippen LogP contribution is -2.36. The van der Waals surface area contributed by atoms with Crippen molar-refractivity contribution in [3.63, 3.8) is 0 Å². The van der Waals surface area contributed by atoms with E-state index in [0.717, 1.165) is 41.8 Å². The van der Waals surface area contributed by atoms with Crippen molar-refractivity contribution in [3.05, 3.63) is 11.4 Å². The average molecular weight is 203 g/mol. The Morgan fingerprint density at radius 2 is 2.07 bits per heavy atom. The molecule has 0 amide bonds. The zero-order chi connectivity index (χ0) is 10.6. The number of hydrogen-bond donors (Lipinski definition) is 0. The maximum Gasteiger partial charge on any atom is 0.157 e. The molecular formula is C10H13N5. The molecule has 3 heterocycles. The van der Waals surface area contributed by atoms with Crippen LogP contribution in [-0.4, -0.2) is 39.4 Å². The number of nitrogens with zero attached hydrogens (tertiary/aromatic N) is 5. The van der Waals surface area contributed by atoms with Crippen molar-refractivity contribution >= 4 is 17.4 Å². The Kier molecular flexibility index (Phi) is 1.55. The SMILES string of the molecule is CC1=Nc2c(C)nn(C)c2C2=NCCN12. The molecule has 1 aromatic heterocycles. The number of aromatic nitrogens is 2. The highest BCUT2D eigenvalue weighted by Gasteiger charge is 2.31. The van der Waals surface area contributed by atoms with Crippen LogP contribution in [0.25, 0.3) is 0 Å². The molecule has 78 valence electrons. The number of amidine groups is 2. The van der Waals surface area contributed by atoms with Crippen molar-refractivity contribution in [2.75, 3.05) is 13.1 Å². The quantitative estimate of drug-likeness (QED) is 0.627. The summed E-state index contributed by atoms with van der Waals surface area (Å²) >= 11 is 0. The average Bonchev–Trinajstić information content (AvgIpc) is 2.73. The highest BCUT2D eigenvalue weighted by atomic mass is 15.4. The predicted molar refractivity (Wildman–Crippen MR) is 58.8 cm³/mol. The Balaban J connectivity index is 2.31. The summed E-state index contributed by atoms with van der Waals surface area (Å²) in [5.41, 5.74) is 3.00. The monoisotopic (exact) mass is 203 g/mol. The molecule has 0 atom stereocenters. The first-order chi connectivity index (χ1) is 7.18. The van der Waals surface area contributed by atoms with Gasteiger partial charge in [-0.15, -0.1) is 0 Å². The molecule has 0 bridgehead atoms. The Morgan fingerprint density at radius 1 is 1.27 bits per heavy atom. The summed E-state index contributed by atoms with van der Waals surface area (Å²) in [4.78, 5) is 11.3. The summed E-state index contributed by atoms with van der Waals surface area (Å²) in [6.45, 7) is 5.80. The molecule has 0 saturated heterocycles. The van der Waals surface area contributed by atoms with Crippen molar-refractivity contribution in [3.8, 4) is 0 Å². The van der Waals surface area contributed by atoms with Crippen LogP contribution in [0.4, 0.5) is 5.69 Å². The molecule has 5 nitrogen and oxygen atoms in total. The standard InChI is InChI=1S/C10H13N5/c1-6-8-9(14(3)13-6)10-11-4-5-15(10)7(2)12-8/h4-5H2,1-3H3. The van der Waals surface area contributed by atoms with E-state index in [9.17, 15) is 0 Å². The van der Waals surface area contributed by atoms with E-state index in [0.29, 0.717) is 0 Å². The Bertz CT molecular complexity index is 494. The van der Waals surface area contributed by atoms with Gasteiger partial charge in [-0.3, -0.25) is 9.67 Å². The molecule has 0 unspecified atom stereocenters. The lowest BCUT2D eigenvalue weighted by Gasteiger charge is -2.23. The Morgan fingerprint density at radius 3 is 2.87 bits per heavy atom. The van der Waals surface area contributed by atoms with Crippen LogP contribution in [-0.2, 0) is 7.05 Å². The molecule has 0 aliphatic carbocycles. The second-order valence-corrected chi connectivity index (χ2v) is 3.92. The van der Waals surface area contributed by atoms with Crippen molar-refractivity contribution in [2.24, 2.45) is 17.0 Å². The third-order valence-electron chi connectivity index (χ3n) is 2.91. The van der Waals surface area contributed by atoms with Crippen molar-refractivity contribution in [2.45, 2.75) is 13.8 Å². The van der Waals surface area contributed by atoms with Gasteiger partial charge in [-0.2, -0.15) is 5.10 Å². The summed E-state index contributed by atoms with van der Waals surface area (Å²) in [7, 11) is 1.95. The van der Waals surface area contributed by atoms with E-state index < -0.39 is 0 Å². The minimum Gasteiger partial charge on any atom is -0.311 e. The van der Waals surface area contributed by atoms with E-state index >= 15 is 0 Å². The first-order valence-electron chi connectivity index (χ1n) is 5.09. The number of aryl methyl sites for hydroxylation is 2. The molecule has 0 spiro atoms. The molecule has 0 fully saturated rings. The largest absolute Gasteiger partial charge is 0.311 e. The summed E-state index contributed by atoms with van der Waals surface area (Å²) < 4.78 is 1.87. The van der Waals surface area contributed by atoms with Gasteiger partial charge in [-0.05, 0) is 13.8 Å². The van der Waals surface area contributed by atoms with Gasteiger partial charge in [0.05, 0.1) is 12.2 Å². The van der Waals surface area contributed by atoms with E-state index in [1.807, 2.05) is 25.6 Å². The predicted octanol–water partition coefficient (Wildman–Crippen LogP) is 0.854. The minimum atomic E-state index is 0.853. The van der Waals surface area contributed by atoms with E-state index in [-0.39, 0.29) is 0 Å². The van der Waals surface area contributed by atoms with Crippen LogP contribution < -0.4 is 0 Å². The molecule has 5 heteroatoms. The fraction of sp³-hybridized carbons (Fsp3) is 0.500. The van der Waals surface area contributed by atoms with Crippen molar-refractivity contribution in [1.29, 1.82) is 0 Å². The van der Waals surface area contributed by atoms with Gasteiger partial charge in [0.2, 0.25) is 0 Å².